The van der Waals surface area contributed by atoms with Crippen LogP contribution in [0.2, 0.25) is 0 Å². The van der Waals surface area contributed by atoms with E-state index < -0.39 is 0 Å². The maximum Gasteiger partial charge on any atom is 0.0976 e. The Morgan fingerprint density at radius 1 is 1.50 bits per heavy atom. The Labute approximate surface area is 73.5 Å². The van der Waals surface area contributed by atoms with Gasteiger partial charge in [0.15, 0.2) is 0 Å². The summed E-state index contributed by atoms with van der Waals surface area (Å²) >= 11 is 0. The molecule has 1 heterocycles. The number of hydrogen-bond donors (Lipinski definition) is 0. The number of hydrogen-bond acceptors (Lipinski definition) is 2. The summed E-state index contributed by atoms with van der Waals surface area (Å²) in [5.74, 6) is 1.75. The average molecular weight is 168 g/mol. The number of allylic oxidation sites excluding steroid dienone is 1. The zero-order valence-corrected chi connectivity index (χ0v) is 7.58. The molecule has 2 rings (SSSR count). The minimum Gasteiger partial charge on any atom is -0.498 e. The van der Waals surface area contributed by atoms with Crippen molar-refractivity contribution >= 4 is 0 Å². The molecule has 68 valence electrons. The third-order valence-electron chi connectivity index (χ3n) is 2.84. The first kappa shape index (κ1) is 8.11. The zero-order valence-electron chi connectivity index (χ0n) is 7.58. The predicted molar refractivity (Wildman–Crippen MR) is 46.8 cm³/mol. The largest absolute Gasteiger partial charge is 0.498 e. The molecular formula is C10H16O2. The van der Waals surface area contributed by atoms with Gasteiger partial charge in [-0.25, -0.2) is 0 Å². The Morgan fingerprint density at radius 2 is 2.42 bits per heavy atom. The lowest BCUT2D eigenvalue weighted by molar-refractivity contribution is 0.0000279. The van der Waals surface area contributed by atoms with E-state index in [1.165, 1.54) is 18.6 Å². The van der Waals surface area contributed by atoms with E-state index in [0.717, 1.165) is 19.4 Å². The molecule has 0 N–H and O–H groups in total. The van der Waals surface area contributed by atoms with Gasteiger partial charge in [0.25, 0.3) is 0 Å². The molecular weight excluding hydrogens is 152 g/mol. The molecule has 0 amide bonds. The van der Waals surface area contributed by atoms with Crippen LogP contribution in [-0.2, 0) is 9.47 Å². The molecule has 12 heavy (non-hydrogen) atoms. The molecule has 1 fully saturated rings. The maximum atomic E-state index is 5.60. The van der Waals surface area contributed by atoms with Gasteiger partial charge >= 0.3 is 0 Å². The monoisotopic (exact) mass is 168 g/mol. The van der Waals surface area contributed by atoms with E-state index >= 15 is 0 Å². The van der Waals surface area contributed by atoms with Gasteiger partial charge in [-0.2, -0.15) is 0 Å². The summed E-state index contributed by atoms with van der Waals surface area (Å²) in [6, 6.07) is 0. The highest BCUT2D eigenvalue weighted by molar-refractivity contribution is 5.07. The first-order valence-electron chi connectivity index (χ1n) is 4.77. The van der Waals surface area contributed by atoms with Crippen LogP contribution in [0.1, 0.15) is 25.7 Å². The molecule has 2 nitrogen and oxygen atoms in total. The molecule has 0 spiro atoms. The van der Waals surface area contributed by atoms with Crippen molar-refractivity contribution in [1.82, 2.24) is 0 Å². The second-order valence-electron chi connectivity index (χ2n) is 3.56. The van der Waals surface area contributed by atoms with Gasteiger partial charge in [-0.1, -0.05) is 0 Å². The summed E-state index contributed by atoms with van der Waals surface area (Å²) in [4.78, 5) is 0. The highest BCUT2D eigenvalue weighted by Crippen LogP contribution is 2.34. The van der Waals surface area contributed by atoms with Crippen molar-refractivity contribution in [3.63, 3.8) is 0 Å². The molecule has 0 saturated carbocycles. The minimum atomic E-state index is 0.408. The second kappa shape index (κ2) is 3.48. The predicted octanol–water partition coefficient (Wildman–Crippen LogP) is 2.11. The Hall–Kier alpha value is -0.500. The first-order valence-corrected chi connectivity index (χ1v) is 4.77. The van der Waals surface area contributed by atoms with Crippen LogP contribution in [0.3, 0.4) is 0 Å². The SMILES string of the molecule is COC1CCC=C2OCCCC21. The standard InChI is InChI=1S/C10H16O2/c1-11-9-5-2-6-10-8(9)4-3-7-12-10/h6,8-9H,2-5,7H2,1H3. The molecule has 2 atom stereocenters. The number of fused-ring (bicyclic) bond motifs is 1. The lowest BCUT2D eigenvalue weighted by Gasteiger charge is -2.34. The summed E-state index contributed by atoms with van der Waals surface area (Å²) < 4.78 is 11.0. The van der Waals surface area contributed by atoms with E-state index in [0.29, 0.717) is 12.0 Å². The van der Waals surface area contributed by atoms with Gasteiger partial charge in [0, 0.05) is 13.0 Å². The molecule has 0 aromatic heterocycles. The average Bonchev–Trinajstić information content (AvgIpc) is 2.17. The fourth-order valence-electron chi connectivity index (χ4n) is 2.20. The third-order valence-corrected chi connectivity index (χ3v) is 2.84. The van der Waals surface area contributed by atoms with E-state index in [1.807, 2.05) is 7.11 Å². The molecule has 2 unspecified atom stereocenters. The van der Waals surface area contributed by atoms with Crippen LogP contribution in [0.25, 0.3) is 0 Å². The summed E-state index contributed by atoms with van der Waals surface area (Å²) in [5.41, 5.74) is 0. The number of methoxy groups -OCH3 is 1. The van der Waals surface area contributed by atoms with Gasteiger partial charge in [0.05, 0.1) is 18.5 Å². The highest BCUT2D eigenvalue weighted by Gasteiger charge is 2.31. The number of rotatable bonds is 1. The van der Waals surface area contributed by atoms with E-state index in [4.69, 9.17) is 9.47 Å². The van der Waals surface area contributed by atoms with Gasteiger partial charge in [-0.05, 0) is 31.8 Å². The molecule has 0 aromatic carbocycles. The van der Waals surface area contributed by atoms with E-state index in [2.05, 4.69) is 6.08 Å². The Bertz CT molecular complexity index is 186. The maximum absolute atomic E-state index is 5.60. The molecule has 0 aromatic rings. The van der Waals surface area contributed by atoms with Gasteiger partial charge in [0.1, 0.15) is 0 Å². The van der Waals surface area contributed by atoms with Crippen molar-refractivity contribution in [2.24, 2.45) is 5.92 Å². The van der Waals surface area contributed by atoms with Crippen LogP contribution in [0.4, 0.5) is 0 Å². The first-order chi connectivity index (χ1) is 5.92. The van der Waals surface area contributed by atoms with Gasteiger partial charge < -0.3 is 9.47 Å². The van der Waals surface area contributed by atoms with Crippen molar-refractivity contribution in [2.45, 2.75) is 31.8 Å². The van der Waals surface area contributed by atoms with Crippen molar-refractivity contribution < 1.29 is 9.47 Å². The fourth-order valence-corrected chi connectivity index (χ4v) is 2.20. The third kappa shape index (κ3) is 1.36. The van der Waals surface area contributed by atoms with Crippen LogP contribution in [-0.4, -0.2) is 19.8 Å². The molecule has 2 heteroatoms. The summed E-state index contributed by atoms with van der Waals surface area (Å²) in [6.07, 6.45) is 7.34. The molecule has 1 aliphatic heterocycles. The highest BCUT2D eigenvalue weighted by atomic mass is 16.5. The van der Waals surface area contributed by atoms with Gasteiger partial charge in [-0.3, -0.25) is 0 Å². The summed E-state index contributed by atoms with van der Waals surface area (Å²) in [6.45, 7) is 0.902. The lowest BCUT2D eigenvalue weighted by Crippen LogP contribution is -2.31. The topological polar surface area (TPSA) is 18.5 Å². The smallest absolute Gasteiger partial charge is 0.0976 e. The Kier molecular flexibility index (Phi) is 2.35. The molecule has 1 aliphatic carbocycles. The zero-order chi connectivity index (χ0) is 8.39. The minimum absolute atomic E-state index is 0.408. The van der Waals surface area contributed by atoms with Crippen molar-refractivity contribution in [1.29, 1.82) is 0 Å². The van der Waals surface area contributed by atoms with E-state index in [1.54, 1.807) is 0 Å². The quantitative estimate of drug-likeness (QED) is 0.597. The fraction of sp³-hybridized carbons (Fsp3) is 0.800. The van der Waals surface area contributed by atoms with Gasteiger partial charge in [-0.15, -0.1) is 0 Å². The van der Waals surface area contributed by atoms with Gasteiger partial charge in [0.2, 0.25) is 0 Å². The summed E-state index contributed by atoms with van der Waals surface area (Å²) in [7, 11) is 1.81. The van der Waals surface area contributed by atoms with Crippen LogP contribution >= 0.6 is 0 Å². The van der Waals surface area contributed by atoms with Crippen LogP contribution in [0, 0.1) is 5.92 Å². The molecule has 0 radical (unpaired) electrons. The second-order valence-corrected chi connectivity index (χ2v) is 3.56. The van der Waals surface area contributed by atoms with Crippen LogP contribution in [0.5, 0.6) is 0 Å². The number of ether oxygens (including phenoxy) is 2. The van der Waals surface area contributed by atoms with Crippen LogP contribution in [0.15, 0.2) is 11.8 Å². The van der Waals surface area contributed by atoms with Crippen molar-refractivity contribution in [2.75, 3.05) is 13.7 Å². The Morgan fingerprint density at radius 3 is 3.25 bits per heavy atom. The Balaban J connectivity index is 2.10. The molecule has 2 aliphatic rings. The molecule has 0 bridgehead atoms. The lowest BCUT2D eigenvalue weighted by atomic mass is 9.86. The van der Waals surface area contributed by atoms with Crippen molar-refractivity contribution in [3.05, 3.63) is 11.8 Å². The molecule has 1 saturated heterocycles. The van der Waals surface area contributed by atoms with Crippen molar-refractivity contribution in [3.8, 4) is 0 Å². The summed E-state index contributed by atoms with van der Waals surface area (Å²) in [5, 5.41) is 0. The normalized spacial score (nSPS) is 34.9. The van der Waals surface area contributed by atoms with E-state index in [9.17, 15) is 0 Å². The van der Waals surface area contributed by atoms with Crippen LogP contribution < -0.4 is 0 Å². The van der Waals surface area contributed by atoms with E-state index in [-0.39, 0.29) is 0 Å².